The number of fused-ring (bicyclic) bond motifs is 1. The number of terminal acetylenes is 1. The molecule has 4 heteroatoms. The lowest BCUT2D eigenvalue weighted by Gasteiger charge is -2.10. The van der Waals surface area contributed by atoms with Crippen LogP contribution in [-0.4, -0.2) is 17.1 Å². The molecule has 3 rings (SSSR count). The molecule has 0 saturated carbocycles. The second kappa shape index (κ2) is 5.19. The SMILES string of the molecule is C#Cc1csc(-c2cc(C)c3ccc(OC)c(C)c3n2)n1. The smallest absolute Gasteiger partial charge is 0.143 e. The van der Waals surface area contributed by atoms with Gasteiger partial charge in [-0.3, -0.25) is 0 Å². The normalized spacial score (nSPS) is 10.6. The quantitative estimate of drug-likeness (QED) is 0.671. The van der Waals surface area contributed by atoms with E-state index in [1.807, 2.05) is 30.5 Å². The number of pyridine rings is 1. The topological polar surface area (TPSA) is 35.0 Å². The van der Waals surface area contributed by atoms with E-state index in [9.17, 15) is 0 Å². The second-order valence-corrected chi connectivity index (χ2v) is 5.65. The largest absolute Gasteiger partial charge is 0.496 e. The van der Waals surface area contributed by atoms with Crippen molar-refractivity contribution in [2.45, 2.75) is 13.8 Å². The molecule has 104 valence electrons. The van der Waals surface area contributed by atoms with Crippen LogP contribution in [0.5, 0.6) is 5.75 Å². The summed E-state index contributed by atoms with van der Waals surface area (Å²) in [4.78, 5) is 9.17. The van der Waals surface area contributed by atoms with E-state index in [4.69, 9.17) is 16.1 Å². The molecular formula is C17H14N2OS. The van der Waals surface area contributed by atoms with Crippen molar-refractivity contribution < 1.29 is 4.74 Å². The Kier molecular flexibility index (Phi) is 3.36. The fourth-order valence-electron chi connectivity index (χ4n) is 2.37. The molecule has 3 nitrogen and oxygen atoms in total. The Morgan fingerprint density at radius 3 is 2.71 bits per heavy atom. The third-order valence-electron chi connectivity index (χ3n) is 3.48. The Hall–Kier alpha value is -2.38. The summed E-state index contributed by atoms with van der Waals surface area (Å²) < 4.78 is 5.38. The average molecular weight is 294 g/mol. The van der Waals surface area contributed by atoms with Crippen LogP contribution in [0.2, 0.25) is 0 Å². The van der Waals surface area contributed by atoms with Crippen LogP contribution in [0.15, 0.2) is 23.6 Å². The van der Waals surface area contributed by atoms with Gasteiger partial charge in [0.1, 0.15) is 16.5 Å². The molecule has 3 aromatic rings. The van der Waals surface area contributed by atoms with Crippen molar-refractivity contribution in [1.29, 1.82) is 0 Å². The molecule has 2 heterocycles. The third-order valence-corrected chi connectivity index (χ3v) is 4.35. The summed E-state index contributed by atoms with van der Waals surface area (Å²) in [7, 11) is 1.67. The molecule has 0 aliphatic carbocycles. The maximum atomic E-state index is 5.38. The number of ether oxygens (including phenoxy) is 1. The van der Waals surface area contributed by atoms with Gasteiger partial charge in [-0.05, 0) is 43.5 Å². The Labute approximate surface area is 127 Å². The van der Waals surface area contributed by atoms with Gasteiger partial charge >= 0.3 is 0 Å². The van der Waals surface area contributed by atoms with Crippen LogP contribution in [0.4, 0.5) is 0 Å². The zero-order valence-electron chi connectivity index (χ0n) is 12.1. The predicted octanol–water partition coefficient (Wildman–Crippen LogP) is 3.97. The van der Waals surface area contributed by atoms with Gasteiger partial charge in [-0.2, -0.15) is 0 Å². The third kappa shape index (κ3) is 2.26. The Morgan fingerprint density at radius 1 is 1.24 bits per heavy atom. The molecule has 0 aliphatic heterocycles. The van der Waals surface area contributed by atoms with Gasteiger partial charge < -0.3 is 4.74 Å². The number of rotatable bonds is 2. The summed E-state index contributed by atoms with van der Waals surface area (Å²) in [5.74, 6) is 3.39. The first-order chi connectivity index (χ1) is 10.1. The van der Waals surface area contributed by atoms with Crippen molar-refractivity contribution in [2.24, 2.45) is 0 Å². The number of thiazole rings is 1. The minimum Gasteiger partial charge on any atom is -0.496 e. The second-order valence-electron chi connectivity index (χ2n) is 4.80. The van der Waals surface area contributed by atoms with Gasteiger partial charge in [0.15, 0.2) is 0 Å². The minimum atomic E-state index is 0.650. The molecule has 0 bridgehead atoms. The summed E-state index contributed by atoms with van der Waals surface area (Å²) in [6.45, 7) is 4.10. The van der Waals surface area contributed by atoms with Crippen molar-refractivity contribution in [3.63, 3.8) is 0 Å². The van der Waals surface area contributed by atoms with Crippen molar-refractivity contribution >= 4 is 22.2 Å². The van der Waals surface area contributed by atoms with Crippen molar-refractivity contribution in [3.8, 4) is 28.8 Å². The van der Waals surface area contributed by atoms with Crippen molar-refractivity contribution in [2.75, 3.05) is 7.11 Å². The number of nitrogens with zero attached hydrogens (tertiary/aromatic N) is 2. The van der Waals surface area contributed by atoms with E-state index in [1.165, 1.54) is 16.9 Å². The number of benzene rings is 1. The van der Waals surface area contributed by atoms with Crippen LogP contribution in [0.1, 0.15) is 16.8 Å². The fourth-order valence-corrected chi connectivity index (χ4v) is 3.09. The zero-order chi connectivity index (χ0) is 15.0. The van der Waals surface area contributed by atoms with E-state index in [0.29, 0.717) is 5.69 Å². The van der Waals surface area contributed by atoms with Crippen LogP contribution in [0.25, 0.3) is 21.6 Å². The Balaban J connectivity index is 2.26. The molecule has 21 heavy (non-hydrogen) atoms. The molecule has 0 saturated heterocycles. The highest BCUT2D eigenvalue weighted by Crippen LogP contribution is 2.31. The number of aryl methyl sites for hydroxylation is 2. The van der Waals surface area contributed by atoms with Gasteiger partial charge in [-0.25, -0.2) is 9.97 Å². The van der Waals surface area contributed by atoms with E-state index in [2.05, 4.69) is 17.8 Å². The first-order valence-corrected chi connectivity index (χ1v) is 7.39. The van der Waals surface area contributed by atoms with Gasteiger partial charge in [0.05, 0.1) is 18.3 Å². The minimum absolute atomic E-state index is 0.650. The molecule has 0 spiro atoms. The first-order valence-electron chi connectivity index (χ1n) is 6.51. The fraction of sp³-hybridized carbons (Fsp3) is 0.176. The van der Waals surface area contributed by atoms with E-state index in [-0.39, 0.29) is 0 Å². The zero-order valence-corrected chi connectivity index (χ0v) is 12.9. The Bertz CT molecular complexity index is 874. The summed E-state index contributed by atoms with van der Waals surface area (Å²) in [5, 5.41) is 3.84. The van der Waals surface area contributed by atoms with Gasteiger partial charge in [-0.15, -0.1) is 17.8 Å². The van der Waals surface area contributed by atoms with Crippen LogP contribution in [0, 0.1) is 26.2 Å². The molecule has 1 aromatic carbocycles. The van der Waals surface area contributed by atoms with E-state index in [0.717, 1.165) is 32.9 Å². The maximum absolute atomic E-state index is 5.38. The van der Waals surface area contributed by atoms with Crippen LogP contribution in [-0.2, 0) is 0 Å². The lowest BCUT2D eigenvalue weighted by molar-refractivity contribution is 0.412. The monoisotopic (exact) mass is 294 g/mol. The standard InChI is InChI=1S/C17H14N2OS/c1-5-12-9-21-17(18-12)14-8-10(2)13-6-7-15(20-4)11(3)16(13)19-14/h1,6-9H,2-4H3. The Morgan fingerprint density at radius 2 is 2.05 bits per heavy atom. The molecular weight excluding hydrogens is 280 g/mol. The van der Waals surface area contributed by atoms with E-state index >= 15 is 0 Å². The lowest BCUT2D eigenvalue weighted by atomic mass is 10.0. The van der Waals surface area contributed by atoms with Crippen molar-refractivity contribution in [1.82, 2.24) is 9.97 Å². The summed E-state index contributed by atoms with van der Waals surface area (Å²) >= 11 is 1.51. The number of hydrogen-bond donors (Lipinski definition) is 0. The summed E-state index contributed by atoms with van der Waals surface area (Å²) in [6, 6.07) is 6.07. The summed E-state index contributed by atoms with van der Waals surface area (Å²) in [6.07, 6.45) is 5.38. The molecule has 2 aromatic heterocycles. The molecule has 0 fully saturated rings. The highest BCUT2D eigenvalue weighted by molar-refractivity contribution is 7.13. The molecule has 0 N–H and O–H groups in total. The molecule has 0 radical (unpaired) electrons. The van der Waals surface area contributed by atoms with Crippen LogP contribution < -0.4 is 4.74 Å². The van der Waals surface area contributed by atoms with Gasteiger partial charge in [0.25, 0.3) is 0 Å². The average Bonchev–Trinajstić information content (AvgIpc) is 2.97. The molecule has 0 unspecified atom stereocenters. The van der Waals surface area contributed by atoms with E-state index < -0.39 is 0 Å². The number of hydrogen-bond acceptors (Lipinski definition) is 4. The molecule has 0 amide bonds. The predicted molar refractivity (Wildman–Crippen MR) is 86.8 cm³/mol. The lowest BCUT2D eigenvalue weighted by Crippen LogP contribution is -1.94. The van der Waals surface area contributed by atoms with Gasteiger partial charge in [0.2, 0.25) is 0 Å². The number of methoxy groups -OCH3 is 1. The molecule has 0 atom stereocenters. The highest BCUT2D eigenvalue weighted by Gasteiger charge is 2.12. The highest BCUT2D eigenvalue weighted by atomic mass is 32.1. The first kappa shape index (κ1) is 13.6. The van der Waals surface area contributed by atoms with E-state index in [1.54, 1.807) is 7.11 Å². The number of aromatic nitrogens is 2. The van der Waals surface area contributed by atoms with Crippen molar-refractivity contribution in [3.05, 3.63) is 40.4 Å². The summed E-state index contributed by atoms with van der Waals surface area (Å²) in [5.41, 5.74) is 4.65. The maximum Gasteiger partial charge on any atom is 0.143 e. The van der Waals surface area contributed by atoms with Crippen LogP contribution >= 0.6 is 11.3 Å². The van der Waals surface area contributed by atoms with Gasteiger partial charge in [0, 0.05) is 16.3 Å². The van der Waals surface area contributed by atoms with Crippen LogP contribution in [0.3, 0.4) is 0 Å². The van der Waals surface area contributed by atoms with Gasteiger partial charge in [-0.1, -0.05) is 0 Å². The molecule has 0 aliphatic rings.